The molecule has 0 aliphatic rings. The molecule has 3 heterocycles. The Bertz CT molecular complexity index is 1140. The first-order valence-corrected chi connectivity index (χ1v) is 7.87. The van der Waals surface area contributed by atoms with Crippen molar-refractivity contribution >= 4 is 16.9 Å². The van der Waals surface area contributed by atoms with Crippen molar-refractivity contribution < 1.29 is 18.4 Å². The number of hydrogen-bond acceptors (Lipinski definition) is 6. The second-order valence-electron chi connectivity index (χ2n) is 5.69. The van der Waals surface area contributed by atoms with Gasteiger partial charge in [-0.1, -0.05) is 6.07 Å². The molecule has 4 aromatic rings. The van der Waals surface area contributed by atoms with Gasteiger partial charge in [0.1, 0.15) is 5.58 Å². The zero-order chi connectivity index (χ0) is 18.1. The van der Waals surface area contributed by atoms with E-state index < -0.39 is 11.4 Å². The number of esters is 1. The molecule has 1 aromatic carbocycles. The molecule has 0 saturated carbocycles. The number of aryl methyl sites for hydroxylation is 1. The molecule has 0 aliphatic heterocycles. The summed E-state index contributed by atoms with van der Waals surface area (Å²) in [6.07, 6.45) is 4.38. The Morgan fingerprint density at radius 1 is 1.12 bits per heavy atom. The highest BCUT2D eigenvalue weighted by Crippen LogP contribution is 2.31. The number of furan rings is 1. The second kappa shape index (κ2) is 6.33. The van der Waals surface area contributed by atoms with E-state index in [1.807, 2.05) is 6.92 Å². The van der Waals surface area contributed by atoms with E-state index in [4.69, 9.17) is 13.6 Å². The van der Waals surface area contributed by atoms with Crippen molar-refractivity contribution in [1.82, 2.24) is 4.98 Å². The van der Waals surface area contributed by atoms with E-state index in [2.05, 4.69) is 4.98 Å². The van der Waals surface area contributed by atoms with Crippen LogP contribution in [0, 0.1) is 6.92 Å². The molecule has 26 heavy (non-hydrogen) atoms. The SMILES string of the molecule is Cc1ccc2c(=O)c(OC(=O)c3ccncc3)c(-c3ccco3)oc2c1. The van der Waals surface area contributed by atoms with Crippen LogP contribution in [0.3, 0.4) is 0 Å². The molecule has 0 amide bonds. The van der Waals surface area contributed by atoms with E-state index in [-0.39, 0.29) is 17.1 Å². The first-order valence-electron chi connectivity index (χ1n) is 7.87. The summed E-state index contributed by atoms with van der Waals surface area (Å²) in [5.74, 6) is -0.527. The predicted octanol–water partition coefficient (Wildman–Crippen LogP) is 3.98. The van der Waals surface area contributed by atoms with Crippen LogP contribution in [0.25, 0.3) is 22.5 Å². The second-order valence-corrected chi connectivity index (χ2v) is 5.69. The number of nitrogens with zero attached hydrogens (tertiary/aromatic N) is 1. The maximum atomic E-state index is 12.9. The normalized spacial score (nSPS) is 10.8. The molecule has 6 nitrogen and oxygen atoms in total. The average molecular weight is 347 g/mol. The van der Waals surface area contributed by atoms with Crippen LogP contribution >= 0.6 is 0 Å². The highest BCUT2D eigenvalue weighted by Gasteiger charge is 2.22. The van der Waals surface area contributed by atoms with Crippen LogP contribution in [0.5, 0.6) is 5.75 Å². The number of hydrogen-bond donors (Lipinski definition) is 0. The van der Waals surface area contributed by atoms with Crippen LogP contribution in [0.1, 0.15) is 15.9 Å². The maximum Gasteiger partial charge on any atom is 0.343 e. The lowest BCUT2D eigenvalue weighted by Gasteiger charge is -2.09. The van der Waals surface area contributed by atoms with Gasteiger partial charge in [-0.15, -0.1) is 0 Å². The first-order chi connectivity index (χ1) is 12.6. The summed E-state index contributed by atoms with van der Waals surface area (Å²) >= 11 is 0. The Labute approximate surface area is 147 Å². The van der Waals surface area contributed by atoms with E-state index in [1.165, 1.54) is 30.8 Å². The number of carbonyl (C=O) groups excluding carboxylic acids is 1. The fourth-order valence-corrected chi connectivity index (χ4v) is 2.59. The fraction of sp³-hybridized carbons (Fsp3) is 0.0500. The van der Waals surface area contributed by atoms with Gasteiger partial charge in [0.25, 0.3) is 0 Å². The number of benzene rings is 1. The maximum absolute atomic E-state index is 12.9. The fourth-order valence-electron chi connectivity index (χ4n) is 2.59. The minimum atomic E-state index is -0.682. The molecule has 0 atom stereocenters. The Hall–Kier alpha value is -3.67. The summed E-state index contributed by atoms with van der Waals surface area (Å²) in [6.45, 7) is 1.89. The molecule has 0 N–H and O–H groups in total. The quantitative estimate of drug-likeness (QED) is 0.521. The Balaban J connectivity index is 1.90. The largest absolute Gasteiger partial charge is 0.461 e. The van der Waals surface area contributed by atoms with Gasteiger partial charge in [0.15, 0.2) is 5.76 Å². The lowest BCUT2D eigenvalue weighted by molar-refractivity contribution is 0.0731. The summed E-state index contributed by atoms with van der Waals surface area (Å²) in [6, 6.07) is 11.5. The van der Waals surface area contributed by atoms with Gasteiger partial charge in [-0.3, -0.25) is 9.78 Å². The number of pyridine rings is 1. The van der Waals surface area contributed by atoms with E-state index in [0.29, 0.717) is 16.7 Å². The van der Waals surface area contributed by atoms with Crippen LogP contribution in [0.4, 0.5) is 0 Å². The number of fused-ring (bicyclic) bond motifs is 1. The number of rotatable bonds is 3. The van der Waals surface area contributed by atoms with Crippen LogP contribution in [0.2, 0.25) is 0 Å². The predicted molar refractivity (Wildman–Crippen MR) is 94.1 cm³/mol. The van der Waals surface area contributed by atoms with Crippen molar-refractivity contribution in [2.24, 2.45) is 0 Å². The lowest BCUT2D eigenvalue weighted by atomic mass is 10.1. The molecule has 0 radical (unpaired) electrons. The molecule has 0 spiro atoms. The van der Waals surface area contributed by atoms with Gasteiger partial charge in [0, 0.05) is 12.4 Å². The smallest absolute Gasteiger partial charge is 0.343 e. The van der Waals surface area contributed by atoms with Gasteiger partial charge in [0.2, 0.25) is 16.9 Å². The summed E-state index contributed by atoms with van der Waals surface area (Å²) < 4.78 is 16.6. The number of aromatic nitrogens is 1. The van der Waals surface area contributed by atoms with Crippen LogP contribution in [0.15, 0.2) is 74.8 Å². The van der Waals surface area contributed by atoms with Crippen molar-refractivity contribution in [3.63, 3.8) is 0 Å². The Morgan fingerprint density at radius 3 is 2.65 bits per heavy atom. The molecule has 0 unspecified atom stereocenters. The first kappa shape index (κ1) is 15.8. The van der Waals surface area contributed by atoms with E-state index in [9.17, 15) is 9.59 Å². The molecule has 128 valence electrons. The standard InChI is InChI=1S/C20H13NO5/c1-12-4-5-14-16(11-12)25-18(15-3-2-10-24-15)19(17(14)22)26-20(23)13-6-8-21-9-7-13/h2-11H,1H3. The molecular weight excluding hydrogens is 334 g/mol. The van der Waals surface area contributed by atoms with Gasteiger partial charge >= 0.3 is 5.97 Å². The van der Waals surface area contributed by atoms with Crippen LogP contribution in [-0.4, -0.2) is 11.0 Å². The highest BCUT2D eigenvalue weighted by molar-refractivity contribution is 5.92. The zero-order valence-electron chi connectivity index (χ0n) is 13.8. The summed E-state index contributed by atoms with van der Waals surface area (Å²) in [5.41, 5.74) is 1.16. The van der Waals surface area contributed by atoms with Crippen molar-refractivity contribution in [3.05, 3.63) is 82.5 Å². The lowest BCUT2D eigenvalue weighted by Crippen LogP contribution is -2.16. The molecule has 0 bridgehead atoms. The molecule has 6 heteroatoms. The van der Waals surface area contributed by atoms with E-state index in [0.717, 1.165) is 5.56 Å². The third-order valence-corrected chi connectivity index (χ3v) is 3.86. The zero-order valence-corrected chi connectivity index (χ0v) is 13.8. The van der Waals surface area contributed by atoms with Gasteiger partial charge < -0.3 is 13.6 Å². The van der Waals surface area contributed by atoms with Gasteiger partial charge in [-0.05, 0) is 48.9 Å². The minimum absolute atomic E-state index is 0.0699. The summed E-state index contributed by atoms with van der Waals surface area (Å²) in [7, 11) is 0. The van der Waals surface area contributed by atoms with Crippen molar-refractivity contribution in [2.45, 2.75) is 6.92 Å². The third-order valence-electron chi connectivity index (χ3n) is 3.86. The van der Waals surface area contributed by atoms with E-state index >= 15 is 0 Å². The Kier molecular flexibility index (Phi) is 3.85. The molecule has 0 saturated heterocycles. The minimum Gasteiger partial charge on any atom is -0.461 e. The monoisotopic (exact) mass is 347 g/mol. The van der Waals surface area contributed by atoms with Gasteiger partial charge in [0.05, 0.1) is 17.2 Å². The van der Waals surface area contributed by atoms with Crippen LogP contribution < -0.4 is 10.2 Å². The number of carbonyl (C=O) groups is 1. The molecule has 0 aliphatic carbocycles. The topological polar surface area (TPSA) is 82.5 Å². The highest BCUT2D eigenvalue weighted by atomic mass is 16.5. The Morgan fingerprint density at radius 2 is 1.92 bits per heavy atom. The molecular formula is C20H13NO5. The summed E-state index contributed by atoms with van der Waals surface area (Å²) in [4.78, 5) is 29.2. The van der Waals surface area contributed by atoms with E-state index in [1.54, 1.807) is 30.3 Å². The molecule has 3 aromatic heterocycles. The molecule has 0 fully saturated rings. The van der Waals surface area contributed by atoms with Gasteiger partial charge in [-0.25, -0.2) is 4.79 Å². The van der Waals surface area contributed by atoms with Crippen LogP contribution in [-0.2, 0) is 0 Å². The van der Waals surface area contributed by atoms with Crippen molar-refractivity contribution in [1.29, 1.82) is 0 Å². The van der Waals surface area contributed by atoms with Gasteiger partial charge in [-0.2, -0.15) is 0 Å². The molecule has 4 rings (SSSR count). The van der Waals surface area contributed by atoms with Crippen molar-refractivity contribution in [2.75, 3.05) is 0 Å². The third kappa shape index (κ3) is 2.77. The van der Waals surface area contributed by atoms with Crippen molar-refractivity contribution in [3.8, 4) is 17.3 Å². The summed E-state index contributed by atoms with van der Waals surface area (Å²) in [5, 5.41) is 0.323. The number of ether oxygens (including phenoxy) is 1. The average Bonchev–Trinajstić information content (AvgIpc) is 3.19.